The molecule has 0 aliphatic rings. The number of carboxylic acids is 2. The Kier molecular flexibility index (Phi) is 31.1. The van der Waals surface area contributed by atoms with Crippen molar-refractivity contribution in [2.75, 3.05) is 0 Å². The average molecular weight is 278 g/mol. The van der Waals surface area contributed by atoms with Crippen molar-refractivity contribution in [3.8, 4) is 0 Å². The van der Waals surface area contributed by atoms with Crippen LogP contribution in [0.5, 0.6) is 0 Å². The molecule has 0 aromatic rings. The summed E-state index contributed by atoms with van der Waals surface area (Å²) in [5.41, 5.74) is 0. The van der Waals surface area contributed by atoms with Gasteiger partial charge in [0, 0.05) is 0 Å². The molecule has 0 aromatic heterocycles. The van der Waals surface area contributed by atoms with Gasteiger partial charge in [-0.05, 0) is 0 Å². The Labute approximate surface area is 162 Å². The zero-order chi connectivity index (χ0) is 11.9. The molecule has 0 saturated carbocycles. The summed E-state index contributed by atoms with van der Waals surface area (Å²) in [4.78, 5) is 27.7. The van der Waals surface area contributed by atoms with Gasteiger partial charge in [0.15, 0.2) is 0 Å². The summed E-state index contributed by atoms with van der Waals surface area (Å²) < 4.78 is 0. The van der Waals surface area contributed by atoms with E-state index in [-0.39, 0.29) is 88.7 Å². The Bertz CT molecular complexity index is 211. The van der Waals surface area contributed by atoms with Crippen molar-refractivity contribution in [1.82, 2.24) is 0 Å². The minimum absolute atomic E-state index is 0. The second-order valence-corrected chi connectivity index (χ2v) is 1.79. The molecular formula is C5H5Na3O9. The summed E-state index contributed by atoms with van der Waals surface area (Å²) >= 11 is 0. The van der Waals surface area contributed by atoms with Crippen molar-refractivity contribution in [3.63, 3.8) is 0 Å². The molecule has 0 amide bonds. The molecule has 0 rings (SSSR count). The van der Waals surface area contributed by atoms with Crippen LogP contribution in [0.1, 0.15) is 0 Å². The second-order valence-electron chi connectivity index (χ2n) is 1.79. The normalized spacial score (nSPS) is 10.7. The van der Waals surface area contributed by atoms with Gasteiger partial charge in [-0.1, -0.05) is 0 Å². The Balaban J connectivity index is -0.0000000607. The third-order valence-electron chi connectivity index (χ3n) is 0.782. The Morgan fingerprint density at radius 3 is 0.941 bits per heavy atom. The maximum absolute atomic E-state index is 9.63. The van der Waals surface area contributed by atoms with E-state index < -0.39 is 30.3 Å². The molecule has 0 spiro atoms. The van der Waals surface area contributed by atoms with Crippen LogP contribution in [0.15, 0.2) is 0 Å². The van der Waals surface area contributed by atoms with Gasteiger partial charge in [0.05, 0.1) is 11.9 Å². The molecule has 3 N–H and O–H groups in total. The maximum Gasteiger partial charge on any atom is 1.00 e. The fraction of sp³-hybridized carbons (Fsp3) is 0.400. The van der Waals surface area contributed by atoms with Gasteiger partial charge >= 0.3 is 88.7 Å². The summed E-state index contributed by atoms with van der Waals surface area (Å²) in [6.45, 7) is 0. The van der Waals surface area contributed by atoms with Gasteiger partial charge in [-0.3, -0.25) is 0 Å². The van der Waals surface area contributed by atoms with Gasteiger partial charge in [-0.2, -0.15) is 0 Å². The molecule has 82 valence electrons. The second kappa shape index (κ2) is 17.1. The Morgan fingerprint density at radius 1 is 0.765 bits per heavy atom. The van der Waals surface area contributed by atoms with Crippen molar-refractivity contribution in [2.45, 2.75) is 12.2 Å². The number of hydrogen-bond acceptors (Lipinski definition) is 8. The first-order valence-corrected chi connectivity index (χ1v) is 2.88. The molecule has 0 aliphatic heterocycles. The van der Waals surface area contributed by atoms with Gasteiger partial charge in [0.1, 0.15) is 12.2 Å². The Hall–Kier alpha value is 1.13. The van der Waals surface area contributed by atoms with E-state index in [1.165, 1.54) is 0 Å². The third-order valence-corrected chi connectivity index (χ3v) is 0.782. The Morgan fingerprint density at radius 2 is 0.882 bits per heavy atom. The van der Waals surface area contributed by atoms with E-state index in [0.29, 0.717) is 0 Å². The van der Waals surface area contributed by atoms with Gasteiger partial charge in [0.2, 0.25) is 6.16 Å². The number of carbonyl (C=O) groups is 3. The average Bonchev–Trinajstić information content (AvgIpc) is 2.00. The van der Waals surface area contributed by atoms with Crippen LogP contribution in [0.3, 0.4) is 0 Å². The first kappa shape index (κ1) is 30.9. The SMILES string of the molecule is O=C([O-])C(O)C(O)C(=O)[O-].O=C([O-])O.[Na+].[Na+].[Na+]. The molecule has 0 bridgehead atoms. The minimum atomic E-state index is -2.44. The van der Waals surface area contributed by atoms with Crippen LogP contribution in [-0.2, 0) is 9.59 Å². The molecule has 12 heteroatoms. The van der Waals surface area contributed by atoms with E-state index in [1.807, 2.05) is 0 Å². The van der Waals surface area contributed by atoms with Crippen LogP contribution in [0, 0.1) is 0 Å². The molecule has 0 heterocycles. The third kappa shape index (κ3) is 22.7. The van der Waals surface area contributed by atoms with Crippen molar-refractivity contribution in [1.29, 1.82) is 0 Å². The number of aliphatic hydroxyl groups is 2. The van der Waals surface area contributed by atoms with Gasteiger partial charge in [0.25, 0.3) is 0 Å². The van der Waals surface area contributed by atoms with Crippen LogP contribution in [0.25, 0.3) is 0 Å². The smallest absolute Gasteiger partial charge is 0.565 e. The van der Waals surface area contributed by atoms with E-state index in [1.54, 1.807) is 0 Å². The molecule has 0 aromatic carbocycles. The summed E-state index contributed by atoms with van der Waals surface area (Å²) in [5.74, 6) is -4.12. The zero-order valence-corrected chi connectivity index (χ0v) is 15.4. The van der Waals surface area contributed by atoms with Crippen molar-refractivity contribution < 1.29 is 134 Å². The monoisotopic (exact) mass is 278 g/mol. The largest absolute Gasteiger partial charge is 1.00 e. The fourth-order valence-corrected chi connectivity index (χ4v) is 0.258. The molecular weight excluding hydrogens is 273 g/mol. The van der Waals surface area contributed by atoms with Crippen LogP contribution >= 0.6 is 0 Å². The predicted molar refractivity (Wildman–Crippen MR) is 30.1 cm³/mol. The molecule has 2 unspecified atom stereocenters. The quantitative estimate of drug-likeness (QED) is 0.422. The van der Waals surface area contributed by atoms with Gasteiger partial charge < -0.3 is 45.0 Å². The first-order valence-electron chi connectivity index (χ1n) is 2.88. The minimum Gasteiger partial charge on any atom is -0.565 e. The zero-order valence-electron chi connectivity index (χ0n) is 9.45. The molecule has 2 atom stereocenters. The fourth-order valence-electron chi connectivity index (χ4n) is 0.258. The van der Waals surface area contributed by atoms with Crippen LogP contribution in [0.4, 0.5) is 4.79 Å². The van der Waals surface area contributed by atoms with Crippen LogP contribution < -0.4 is 104 Å². The van der Waals surface area contributed by atoms with Crippen molar-refractivity contribution in [3.05, 3.63) is 0 Å². The molecule has 17 heavy (non-hydrogen) atoms. The van der Waals surface area contributed by atoms with Crippen LogP contribution in [0.2, 0.25) is 0 Å². The summed E-state index contributed by atoms with van der Waals surface area (Å²) in [7, 11) is 0. The maximum atomic E-state index is 9.63. The van der Waals surface area contributed by atoms with Gasteiger partial charge in [-0.15, -0.1) is 0 Å². The standard InChI is InChI=1S/C4H6O6.CH2O3.3Na/c5-1(3(7)8)2(6)4(9)10;2-1(3)4;;;/h1-2,5-6H,(H,7,8)(H,9,10);(H2,2,3,4);;;/q;;3*+1/p-3. The molecule has 0 saturated heterocycles. The first-order chi connectivity index (χ1) is 6.20. The number of hydrogen-bond donors (Lipinski definition) is 3. The number of rotatable bonds is 3. The van der Waals surface area contributed by atoms with E-state index in [2.05, 4.69) is 0 Å². The van der Waals surface area contributed by atoms with Crippen LogP contribution in [-0.4, -0.2) is 45.6 Å². The molecule has 0 fully saturated rings. The van der Waals surface area contributed by atoms with E-state index in [0.717, 1.165) is 0 Å². The summed E-state index contributed by atoms with van der Waals surface area (Å²) in [5, 5.41) is 51.0. The summed E-state index contributed by atoms with van der Waals surface area (Å²) in [6.07, 6.45) is -6.96. The van der Waals surface area contributed by atoms with E-state index >= 15 is 0 Å². The molecule has 0 radical (unpaired) electrons. The van der Waals surface area contributed by atoms with Crippen molar-refractivity contribution in [2.24, 2.45) is 0 Å². The topological polar surface area (TPSA) is 181 Å². The number of carboxylic acid groups (broad SMARTS) is 4. The number of aliphatic carboxylic acids is 2. The van der Waals surface area contributed by atoms with Crippen molar-refractivity contribution >= 4 is 18.1 Å². The molecule has 9 nitrogen and oxygen atoms in total. The van der Waals surface area contributed by atoms with E-state index in [4.69, 9.17) is 25.2 Å². The predicted octanol–water partition coefficient (Wildman–Crippen LogP) is -14.9. The molecule has 0 aliphatic carbocycles. The summed E-state index contributed by atoms with van der Waals surface area (Å²) in [6, 6.07) is 0. The van der Waals surface area contributed by atoms with E-state index in [9.17, 15) is 19.8 Å². The number of carbonyl (C=O) groups excluding carboxylic acids is 2. The number of aliphatic hydroxyl groups excluding tert-OH is 2. The van der Waals surface area contributed by atoms with Gasteiger partial charge in [-0.25, -0.2) is 0 Å².